The van der Waals surface area contributed by atoms with Crippen LogP contribution in [0.1, 0.15) is 37.7 Å². The molecule has 0 aromatic heterocycles. The molecule has 1 fully saturated rings. The number of benzene rings is 1. The van der Waals surface area contributed by atoms with E-state index < -0.39 is 11.7 Å². The van der Waals surface area contributed by atoms with Crippen molar-refractivity contribution in [2.45, 2.75) is 44.3 Å². The van der Waals surface area contributed by atoms with Crippen LogP contribution in [-0.4, -0.2) is 41.7 Å². The summed E-state index contributed by atoms with van der Waals surface area (Å²) in [6.45, 7) is 1.67. The molecule has 1 aromatic carbocycles. The number of carbonyl (C=O) groups excluding carboxylic acids is 1. The van der Waals surface area contributed by atoms with Gasteiger partial charge in [-0.25, -0.2) is 0 Å². The first kappa shape index (κ1) is 18.7. The number of amides is 1. The molecular formula is C17H23F3N2O2. The van der Waals surface area contributed by atoms with Crippen LogP contribution < -0.4 is 5.32 Å². The van der Waals surface area contributed by atoms with Gasteiger partial charge in [0.15, 0.2) is 0 Å². The number of likely N-dealkylation sites (tertiary alicyclic amines) is 1. The van der Waals surface area contributed by atoms with Crippen LogP contribution in [0.2, 0.25) is 0 Å². The van der Waals surface area contributed by atoms with Gasteiger partial charge in [0.2, 0.25) is 5.91 Å². The van der Waals surface area contributed by atoms with Gasteiger partial charge >= 0.3 is 6.18 Å². The fourth-order valence-corrected chi connectivity index (χ4v) is 3.09. The molecule has 0 saturated carbocycles. The Bertz CT molecular complexity index is 549. The SMILES string of the molecule is O=C(CCN1CCC[C@@H]1CCCO)Nc1cccc(C(F)(F)F)c1. The van der Waals surface area contributed by atoms with E-state index in [1.807, 2.05) is 0 Å². The van der Waals surface area contributed by atoms with Crippen molar-refractivity contribution in [2.24, 2.45) is 0 Å². The average Bonchev–Trinajstić information content (AvgIpc) is 2.98. The van der Waals surface area contributed by atoms with Gasteiger partial charge in [-0.15, -0.1) is 0 Å². The Kier molecular flexibility index (Phi) is 6.62. The quantitative estimate of drug-likeness (QED) is 0.798. The van der Waals surface area contributed by atoms with Gasteiger partial charge < -0.3 is 10.4 Å². The fraction of sp³-hybridized carbons (Fsp3) is 0.588. The minimum Gasteiger partial charge on any atom is -0.396 e. The number of hydrogen-bond donors (Lipinski definition) is 2. The van der Waals surface area contributed by atoms with Gasteiger partial charge in [0.1, 0.15) is 0 Å². The Morgan fingerprint density at radius 2 is 2.17 bits per heavy atom. The Balaban J connectivity index is 1.83. The first-order chi connectivity index (χ1) is 11.4. The number of hydrogen-bond acceptors (Lipinski definition) is 3. The maximum atomic E-state index is 12.7. The number of nitrogens with one attached hydrogen (secondary N) is 1. The molecule has 2 rings (SSSR count). The largest absolute Gasteiger partial charge is 0.416 e. The molecule has 7 heteroatoms. The van der Waals surface area contributed by atoms with Crippen molar-refractivity contribution in [3.8, 4) is 0 Å². The lowest BCUT2D eigenvalue weighted by atomic mass is 10.1. The lowest BCUT2D eigenvalue weighted by Gasteiger charge is -2.23. The molecule has 0 spiro atoms. The van der Waals surface area contributed by atoms with Crippen LogP contribution in [0.4, 0.5) is 18.9 Å². The van der Waals surface area contributed by atoms with Crippen molar-refractivity contribution in [3.05, 3.63) is 29.8 Å². The van der Waals surface area contributed by atoms with Gasteiger partial charge in [-0.3, -0.25) is 9.69 Å². The van der Waals surface area contributed by atoms with E-state index in [0.717, 1.165) is 44.4 Å². The predicted molar refractivity (Wildman–Crippen MR) is 85.6 cm³/mol. The molecule has 1 heterocycles. The second kappa shape index (κ2) is 8.48. The van der Waals surface area contributed by atoms with E-state index in [4.69, 9.17) is 5.11 Å². The standard InChI is InChI=1S/C17H23F3N2O2/c18-17(19,20)13-4-1-5-14(12-13)21-16(24)8-10-22-9-2-6-15(22)7-3-11-23/h1,4-5,12,15,23H,2-3,6-11H2,(H,21,24)/t15-/m1/s1. The Morgan fingerprint density at radius 3 is 2.88 bits per heavy atom. The molecule has 0 bridgehead atoms. The minimum absolute atomic E-state index is 0.160. The van der Waals surface area contributed by atoms with Crippen LogP contribution in [0.5, 0.6) is 0 Å². The maximum Gasteiger partial charge on any atom is 0.416 e. The molecule has 1 aromatic rings. The molecule has 0 radical (unpaired) electrons. The van der Waals surface area contributed by atoms with Gasteiger partial charge in [-0.2, -0.15) is 13.2 Å². The molecule has 1 saturated heterocycles. The van der Waals surface area contributed by atoms with Gasteiger partial charge in [0.25, 0.3) is 0 Å². The summed E-state index contributed by atoms with van der Waals surface area (Å²) in [7, 11) is 0. The van der Waals surface area contributed by atoms with E-state index in [0.29, 0.717) is 12.6 Å². The van der Waals surface area contributed by atoms with Crippen molar-refractivity contribution in [1.29, 1.82) is 0 Å². The number of alkyl halides is 3. The molecule has 1 aliphatic heterocycles. The summed E-state index contributed by atoms with van der Waals surface area (Å²) in [4.78, 5) is 14.2. The van der Waals surface area contributed by atoms with Crippen LogP contribution in [-0.2, 0) is 11.0 Å². The Hall–Kier alpha value is -1.60. The highest BCUT2D eigenvalue weighted by Gasteiger charge is 2.30. The molecular weight excluding hydrogens is 321 g/mol. The number of aliphatic hydroxyl groups excluding tert-OH is 1. The third-order valence-electron chi connectivity index (χ3n) is 4.29. The van der Waals surface area contributed by atoms with Gasteiger partial charge in [-0.1, -0.05) is 6.07 Å². The topological polar surface area (TPSA) is 52.6 Å². The zero-order valence-corrected chi connectivity index (χ0v) is 13.5. The van der Waals surface area contributed by atoms with Crippen LogP contribution in [0.15, 0.2) is 24.3 Å². The van der Waals surface area contributed by atoms with Crippen LogP contribution >= 0.6 is 0 Å². The van der Waals surface area contributed by atoms with E-state index in [9.17, 15) is 18.0 Å². The average molecular weight is 344 g/mol. The smallest absolute Gasteiger partial charge is 0.396 e. The second-order valence-electron chi connectivity index (χ2n) is 6.07. The van der Waals surface area contributed by atoms with Crippen molar-refractivity contribution < 1.29 is 23.1 Å². The highest BCUT2D eigenvalue weighted by molar-refractivity contribution is 5.90. The number of anilines is 1. The minimum atomic E-state index is -4.42. The van der Waals surface area contributed by atoms with E-state index in [1.54, 1.807) is 0 Å². The molecule has 1 amide bonds. The van der Waals surface area contributed by atoms with Crippen molar-refractivity contribution in [3.63, 3.8) is 0 Å². The van der Waals surface area contributed by atoms with E-state index in [-0.39, 0.29) is 24.6 Å². The lowest BCUT2D eigenvalue weighted by molar-refractivity contribution is -0.137. The molecule has 2 N–H and O–H groups in total. The van der Waals surface area contributed by atoms with Crippen LogP contribution in [0.3, 0.4) is 0 Å². The van der Waals surface area contributed by atoms with Gasteiger partial charge in [-0.05, 0) is 50.4 Å². The van der Waals surface area contributed by atoms with E-state index >= 15 is 0 Å². The van der Waals surface area contributed by atoms with Crippen molar-refractivity contribution in [1.82, 2.24) is 4.90 Å². The highest BCUT2D eigenvalue weighted by Crippen LogP contribution is 2.30. The fourth-order valence-electron chi connectivity index (χ4n) is 3.09. The third-order valence-corrected chi connectivity index (χ3v) is 4.29. The summed E-state index contributed by atoms with van der Waals surface area (Å²) in [6.07, 6.45) is -0.383. The van der Waals surface area contributed by atoms with E-state index in [2.05, 4.69) is 10.2 Å². The summed E-state index contributed by atoms with van der Waals surface area (Å²) in [5.74, 6) is -0.290. The lowest BCUT2D eigenvalue weighted by Crippen LogP contribution is -2.32. The first-order valence-corrected chi connectivity index (χ1v) is 8.22. The normalized spacial score (nSPS) is 18.8. The Labute approximate surface area is 139 Å². The monoisotopic (exact) mass is 344 g/mol. The second-order valence-corrected chi connectivity index (χ2v) is 6.07. The highest BCUT2D eigenvalue weighted by atomic mass is 19.4. The maximum absolute atomic E-state index is 12.7. The van der Waals surface area contributed by atoms with Crippen LogP contribution in [0.25, 0.3) is 0 Å². The molecule has 1 aliphatic rings. The number of carbonyl (C=O) groups is 1. The number of halogens is 3. The number of aliphatic hydroxyl groups is 1. The summed E-state index contributed by atoms with van der Waals surface area (Å²) < 4.78 is 38.0. The number of rotatable bonds is 7. The Morgan fingerprint density at radius 1 is 1.38 bits per heavy atom. The molecule has 0 unspecified atom stereocenters. The van der Waals surface area contributed by atoms with Crippen molar-refractivity contribution in [2.75, 3.05) is 25.0 Å². The summed E-state index contributed by atoms with van der Waals surface area (Å²) >= 11 is 0. The van der Waals surface area contributed by atoms with Crippen LogP contribution in [0, 0.1) is 0 Å². The third kappa shape index (κ3) is 5.49. The van der Waals surface area contributed by atoms with Gasteiger partial charge in [0, 0.05) is 31.3 Å². The molecule has 134 valence electrons. The summed E-state index contributed by atoms with van der Waals surface area (Å²) in [5.41, 5.74) is -0.614. The van der Waals surface area contributed by atoms with E-state index in [1.165, 1.54) is 12.1 Å². The summed E-state index contributed by atoms with van der Waals surface area (Å²) in [5, 5.41) is 11.4. The van der Waals surface area contributed by atoms with Gasteiger partial charge in [0.05, 0.1) is 5.56 Å². The predicted octanol–water partition coefficient (Wildman–Crippen LogP) is 3.27. The molecule has 4 nitrogen and oxygen atoms in total. The molecule has 0 aliphatic carbocycles. The number of nitrogens with zero attached hydrogens (tertiary/aromatic N) is 1. The molecule has 24 heavy (non-hydrogen) atoms. The first-order valence-electron chi connectivity index (χ1n) is 8.22. The summed E-state index contributed by atoms with van der Waals surface area (Å²) in [6, 6.07) is 5.04. The van der Waals surface area contributed by atoms with Crippen molar-refractivity contribution >= 4 is 11.6 Å². The molecule has 1 atom stereocenters. The zero-order chi connectivity index (χ0) is 17.6. The zero-order valence-electron chi connectivity index (χ0n) is 13.5.